The van der Waals surface area contributed by atoms with E-state index in [9.17, 15) is 0 Å². The van der Waals surface area contributed by atoms with Crippen molar-refractivity contribution < 1.29 is 9.95 Å². The van der Waals surface area contributed by atoms with Gasteiger partial charge < -0.3 is 0 Å². The lowest BCUT2D eigenvalue weighted by Gasteiger charge is -1.68. The van der Waals surface area contributed by atoms with Gasteiger partial charge in [0.2, 0.25) is 0 Å². The molecule has 2 nitrogen and oxygen atoms in total. The standard InChI is InChI=1S/C3H7NO/c1-3-4(2)5/h3,5H,1H2,2H3/q+1. The van der Waals surface area contributed by atoms with Gasteiger partial charge in [-0.05, 0) is 4.74 Å². The van der Waals surface area contributed by atoms with Gasteiger partial charge in [0.1, 0.15) is 0 Å². The molecule has 0 heterocycles. The van der Waals surface area contributed by atoms with Gasteiger partial charge in [-0.15, -0.1) is 0 Å². The highest BCUT2D eigenvalue weighted by atomic mass is 16.5. The lowest BCUT2D eigenvalue weighted by atomic mass is 10.9. The van der Waals surface area contributed by atoms with Gasteiger partial charge in [0, 0.05) is 6.92 Å². The van der Waals surface area contributed by atoms with Crippen molar-refractivity contribution in [1.82, 2.24) is 0 Å². The molecule has 0 saturated heterocycles. The van der Waals surface area contributed by atoms with Gasteiger partial charge in [0.25, 0.3) is 0 Å². The Balaban J connectivity index is 3.14. The molecule has 0 aliphatic carbocycles. The van der Waals surface area contributed by atoms with Gasteiger partial charge in [-0.25, -0.2) is 0 Å². The predicted octanol–water partition coefficient (Wildman–Crippen LogP) is -0.0772. The second-order valence-electron chi connectivity index (χ2n) is 0.756. The number of rotatable bonds is 0. The third-order valence-corrected chi connectivity index (χ3v) is 0.264. The fourth-order valence-corrected chi connectivity index (χ4v) is 0. The van der Waals surface area contributed by atoms with Crippen molar-refractivity contribution in [3.63, 3.8) is 0 Å². The van der Waals surface area contributed by atoms with Crippen LogP contribution in [0.25, 0.3) is 0 Å². The highest BCUT2D eigenvalue weighted by Crippen LogP contribution is 1.41. The summed E-state index contributed by atoms with van der Waals surface area (Å²) in [6, 6.07) is 0. The summed E-state index contributed by atoms with van der Waals surface area (Å²) in [6.45, 7) is 3.24. The van der Waals surface area contributed by atoms with E-state index in [-0.39, 0.29) is 0 Å². The summed E-state index contributed by atoms with van der Waals surface area (Å²) in [6.07, 6.45) is 1.31. The lowest BCUT2D eigenvalue weighted by molar-refractivity contribution is -0.750. The average Bonchev–Trinajstić information content (AvgIpc) is 1.38. The Kier molecular flexibility index (Phi) is 1.57. The van der Waals surface area contributed by atoms with Crippen LogP contribution in [-0.2, 0) is 0 Å². The molecule has 0 aromatic heterocycles. The molecule has 0 aliphatic heterocycles. The summed E-state index contributed by atoms with van der Waals surface area (Å²) in [5, 5.41) is 8.08. The van der Waals surface area contributed by atoms with Crippen LogP contribution in [0.15, 0.2) is 0 Å². The van der Waals surface area contributed by atoms with Crippen molar-refractivity contribution in [2.45, 2.75) is 0 Å². The fourth-order valence-electron chi connectivity index (χ4n) is 0. The van der Waals surface area contributed by atoms with Crippen molar-refractivity contribution in [2.24, 2.45) is 0 Å². The van der Waals surface area contributed by atoms with Gasteiger partial charge in [-0.1, -0.05) is 0 Å². The van der Waals surface area contributed by atoms with Crippen LogP contribution < -0.4 is 0 Å². The molecule has 0 fully saturated rings. The summed E-state index contributed by atoms with van der Waals surface area (Å²) in [4.78, 5) is 0. The van der Waals surface area contributed by atoms with Crippen LogP contribution in [0.3, 0.4) is 0 Å². The first kappa shape index (κ1) is 4.47. The van der Waals surface area contributed by atoms with Gasteiger partial charge in [0.15, 0.2) is 13.3 Å². The second kappa shape index (κ2) is 1.76. The quantitative estimate of drug-likeness (QED) is 0.184. The smallest absolute Gasteiger partial charge is 0.192 e. The van der Waals surface area contributed by atoms with Crippen LogP contribution >= 0.6 is 0 Å². The monoisotopic (exact) mass is 73.1 g/mol. The van der Waals surface area contributed by atoms with Crippen molar-refractivity contribution in [2.75, 3.05) is 7.05 Å². The van der Waals surface area contributed by atoms with Crippen molar-refractivity contribution in [1.29, 1.82) is 0 Å². The Hall–Kier alpha value is -0.530. The molecule has 0 saturated carbocycles. The van der Waals surface area contributed by atoms with Crippen LogP contribution in [0.4, 0.5) is 0 Å². The molecule has 1 N–H and O–H groups in total. The molecule has 0 aromatic rings. The van der Waals surface area contributed by atoms with Crippen molar-refractivity contribution in [3.8, 4) is 0 Å². The minimum absolute atomic E-state index is 0.889. The zero-order valence-corrected chi connectivity index (χ0v) is 3.18. The normalized spacial score (nSPS) is 12.0. The van der Waals surface area contributed by atoms with Crippen molar-refractivity contribution >= 4 is 6.21 Å². The first-order valence-electron chi connectivity index (χ1n) is 1.31. The maximum atomic E-state index is 8.08. The Bertz CT molecular complexity index is 44.9. The topological polar surface area (TPSA) is 23.2 Å². The van der Waals surface area contributed by atoms with E-state index in [1.54, 1.807) is 0 Å². The van der Waals surface area contributed by atoms with Gasteiger partial charge >= 0.3 is 0 Å². The van der Waals surface area contributed by atoms with Crippen molar-refractivity contribution in [3.05, 3.63) is 6.92 Å². The Morgan fingerprint density at radius 2 is 2.20 bits per heavy atom. The van der Waals surface area contributed by atoms with Gasteiger partial charge in [0.05, 0.1) is 0 Å². The second-order valence-corrected chi connectivity index (χ2v) is 0.756. The number of hydrogen-bond donors (Lipinski definition) is 1. The summed E-state index contributed by atoms with van der Waals surface area (Å²) >= 11 is 0. The third kappa shape index (κ3) is 3.47. The van der Waals surface area contributed by atoms with E-state index in [2.05, 4.69) is 6.92 Å². The SMILES string of the molecule is [CH2]C=[N+](C)O. The third-order valence-electron chi connectivity index (χ3n) is 0.264. The molecule has 0 rings (SSSR count). The Morgan fingerprint density at radius 3 is 2.20 bits per heavy atom. The summed E-state index contributed by atoms with van der Waals surface area (Å²) in [5.74, 6) is 0. The van der Waals surface area contributed by atoms with E-state index in [1.165, 1.54) is 13.3 Å². The van der Waals surface area contributed by atoms with E-state index in [1.807, 2.05) is 0 Å². The first-order valence-corrected chi connectivity index (χ1v) is 1.31. The van der Waals surface area contributed by atoms with E-state index in [0.29, 0.717) is 0 Å². The number of hydroxylamine groups is 1. The average molecular weight is 73.1 g/mol. The molecule has 0 bridgehead atoms. The summed E-state index contributed by atoms with van der Waals surface area (Å²) in [5.41, 5.74) is 0. The van der Waals surface area contributed by atoms with Crippen LogP contribution in [0.5, 0.6) is 0 Å². The zero-order valence-electron chi connectivity index (χ0n) is 3.18. The fraction of sp³-hybridized carbons (Fsp3) is 0.333. The minimum atomic E-state index is 0.889. The summed E-state index contributed by atoms with van der Waals surface area (Å²) in [7, 11) is 1.49. The van der Waals surface area contributed by atoms with E-state index < -0.39 is 0 Å². The zero-order chi connectivity index (χ0) is 4.28. The van der Waals surface area contributed by atoms with Crippen LogP contribution in [0, 0.1) is 6.92 Å². The molecule has 2 heteroatoms. The maximum absolute atomic E-state index is 8.08. The van der Waals surface area contributed by atoms with E-state index in [0.717, 1.165) is 4.74 Å². The highest BCUT2D eigenvalue weighted by molar-refractivity contribution is 5.55. The molecule has 0 aliphatic rings. The maximum Gasteiger partial charge on any atom is 0.192 e. The molecule has 29 valence electrons. The molecular weight excluding hydrogens is 66.0 g/mol. The molecule has 1 radical (unpaired) electrons. The molecule has 0 spiro atoms. The Morgan fingerprint density at radius 1 is 2.00 bits per heavy atom. The Labute approximate surface area is 31.3 Å². The number of nitrogens with zero attached hydrogens (tertiary/aromatic N) is 1. The van der Waals surface area contributed by atoms with Crippen LogP contribution in [0.2, 0.25) is 0 Å². The van der Waals surface area contributed by atoms with Gasteiger partial charge in [-0.3, -0.25) is 5.21 Å². The van der Waals surface area contributed by atoms with E-state index in [4.69, 9.17) is 5.21 Å². The lowest BCUT2D eigenvalue weighted by Crippen LogP contribution is -1.94. The summed E-state index contributed by atoms with van der Waals surface area (Å²) < 4.78 is 0.889. The molecular formula is C3H7NO+. The molecule has 0 unspecified atom stereocenters. The predicted molar refractivity (Wildman–Crippen MR) is 19.4 cm³/mol. The van der Waals surface area contributed by atoms with E-state index >= 15 is 0 Å². The highest BCUT2D eigenvalue weighted by Gasteiger charge is 1.69. The number of hydrogen-bond acceptors (Lipinski definition) is 1. The van der Waals surface area contributed by atoms with Crippen LogP contribution in [-0.4, -0.2) is 23.2 Å². The first-order chi connectivity index (χ1) is 2.27. The van der Waals surface area contributed by atoms with Crippen LogP contribution in [0.1, 0.15) is 0 Å². The molecule has 0 atom stereocenters. The largest absolute Gasteiger partial charge is 0.291 e. The molecule has 5 heavy (non-hydrogen) atoms. The molecule has 0 amide bonds. The van der Waals surface area contributed by atoms with Gasteiger partial charge in [-0.2, -0.15) is 0 Å². The molecule has 0 aromatic carbocycles. The minimum Gasteiger partial charge on any atom is -0.291 e.